The molecule has 2 heterocycles. The van der Waals surface area contributed by atoms with Gasteiger partial charge in [-0.15, -0.1) is 11.3 Å². The van der Waals surface area contributed by atoms with E-state index < -0.39 is 5.97 Å². The summed E-state index contributed by atoms with van der Waals surface area (Å²) in [5, 5.41) is 1.79. The fraction of sp³-hybridized carbons (Fsp3) is 0.455. The van der Waals surface area contributed by atoms with Gasteiger partial charge in [0.05, 0.1) is 17.3 Å². The first-order chi connectivity index (χ1) is 8.58. The predicted molar refractivity (Wildman–Crippen MR) is 77.7 cm³/mol. The molecule has 0 spiro atoms. The van der Waals surface area contributed by atoms with E-state index in [-0.39, 0.29) is 11.8 Å². The number of rotatable bonds is 3. The molecule has 0 N–H and O–H groups in total. The molecule has 0 bridgehead atoms. The van der Waals surface area contributed by atoms with Gasteiger partial charge in [-0.1, -0.05) is 0 Å². The Bertz CT molecular complexity index is 489. The maximum atomic E-state index is 12.0. The first-order valence-electron chi connectivity index (χ1n) is 5.35. The number of hydrogen-bond acceptors (Lipinski definition) is 5. The quantitative estimate of drug-likeness (QED) is 0.673. The number of anilines is 1. The van der Waals surface area contributed by atoms with E-state index in [1.807, 2.05) is 0 Å². The second-order valence-electron chi connectivity index (χ2n) is 4.01. The van der Waals surface area contributed by atoms with Crippen molar-refractivity contribution in [1.82, 2.24) is 0 Å². The molecule has 1 atom stereocenters. The normalized spacial score (nSPS) is 19.4. The zero-order chi connectivity index (χ0) is 13.3. The van der Waals surface area contributed by atoms with Crippen LogP contribution in [0.25, 0.3) is 0 Å². The molecule has 0 saturated carbocycles. The summed E-state index contributed by atoms with van der Waals surface area (Å²) in [6.07, 6.45) is 0.479. The van der Waals surface area contributed by atoms with Crippen LogP contribution in [0.3, 0.4) is 0 Å². The Kier molecular flexibility index (Phi) is 4.34. The molecule has 18 heavy (non-hydrogen) atoms. The van der Waals surface area contributed by atoms with Crippen LogP contribution in [-0.4, -0.2) is 31.3 Å². The van der Waals surface area contributed by atoms with Gasteiger partial charge in [-0.05, 0) is 27.6 Å². The monoisotopic (exact) mass is 349 g/mol. The van der Waals surface area contributed by atoms with Crippen LogP contribution in [0.2, 0.25) is 0 Å². The van der Waals surface area contributed by atoms with E-state index in [2.05, 4.69) is 28.6 Å². The third-order valence-corrected chi connectivity index (χ3v) is 5.20. The van der Waals surface area contributed by atoms with Crippen molar-refractivity contribution in [2.45, 2.75) is 6.42 Å². The van der Waals surface area contributed by atoms with Crippen molar-refractivity contribution in [3.8, 4) is 0 Å². The van der Waals surface area contributed by atoms with Gasteiger partial charge in [-0.2, -0.15) is 12.6 Å². The number of halogens is 1. The number of thiol groups is 1. The molecule has 0 radical (unpaired) electrons. The number of ether oxygens (including phenoxy) is 1. The molecular formula is C11H12BrNO3S2. The summed E-state index contributed by atoms with van der Waals surface area (Å²) in [4.78, 5) is 25.8. The molecule has 98 valence electrons. The summed E-state index contributed by atoms with van der Waals surface area (Å²) in [7, 11) is 1.34. The van der Waals surface area contributed by atoms with E-state index >= 15 is 0 Å². The van der Waals surface area contributed by atoms with Crippen LogP contribution in [0, 0.1) is 5.92 Å². The van der Waals surface area contributed by atoms with Crippen molar-refractivity contribution in [2.24, 2.45) is 5.92 Å². The van der Waals surface area contributed by atoms with Gasteiger partial charge < -0.3 is 9.64 Å². The zero-order valence-corrected chi connectivity index (χ0v) is 13.0. The Hall–Kier alpha value is -0.530. The number of esters is 1. The summed E-state index contributed by atoms with van der Waals surface area (Å²) in [5.41, 5.74) is 0.626. The molecule has 4 nitrogen and oxygen atoms in total. The second-order valence-corrected chi connectivity index (χ2v) is 6.11. The number of amides is 1. The van der Waals surface area contributed by atoms with Crippen LogP contribution in [0.15, 0.2) is 9.85 Å². The molecule has 1 aliphatic heterocycles. The van der Waals surface area contributed by atoms with Gasteiger partial charge in [0.2, 0.25) is 5.91 Å². The van der Waals surface area contributed by atoms with Crippen LogP contribution in [0.1, 0.15) is 16.1 Å². The van der Waals surface area contributed by atoms with Crippen LogP contribution in [0.4, 0.5) is 5.69 Å². The van der Waals surface area contributed by atoms with Gasteiger partial charge in [-0.3, -0.25) is 4.79 Å². The smallest absolute Gasteiger partial charge is 0.350 e. The Balaban J connectivity index is 2.36. The van der Waals surface area contributed by atoms with E-state index in [0.29, 0.717) is 29.3 Å². The predicted octanol–water partition coefficient (Wildman–Crippen LogP) is 2.58. The first-order valence-corrected chi connectivity index (χ1v) is 7.65. The van der Waals surface area contributed by atoms with Gasteiger partial charge in [0, 0.05) is 18.3 Å². The highest BCUT2D eigenvalue weighted by Gasteiger charge is 2.34. The number of methoxy groups -OCH3 is 1. The number of hydrogen-bond donors (Lipinski definition) is 1. The molecule has 1 fully saturated rings. The van der Waals surface area contributed by atoms with Crippen molar-refractivity contribution in [1.29, 1.82) is 0 Å². The molecule has 1 aliphatic rings. The average Bonchev–Trinajstić information content (AvgIpc) is 2.91. The minimum Gasteiger partial charge on any atom is -0.465 e. The number of carbonyl (C=O) groups excluding carboxylic acids is 2. The third kappa shape index (κ3) is 2.44. The molecule has 1 saturated heterocycles. The van der Waals surface area contributed by atoms with Crippen molar-refractivity contribution in [3.05, 3.63) is 14.7 Å². The van der Waals surface area contributed by atoms with E-state index in [1.165, 1.54) is 18.4 Å². The van der Waals surface area contributed by atoms with Crippen LogP contribution in [-0.2, 0) is 9.53 Å². The molecule has 1 unspecified atom stereocenters. The molecule has 7 heteroatoms. The largest absolute Gasteiger partial charge is 0.465 e. The van der Waals surface area contributed by atoms with Crippen LogP contribution in [0.5, 0.6) is 0 Å². The van der Waals surface area contributed by atoms with Crippen molar-refractivity contribution >= 4 is 57.5 Å². The molecule has 0 aliphatic carbocycles. The van der Waals surface area contributed by atoms with E-state index in [4.69, 9.17) is 4.74 Å². The van der Waals surface area contributed by atoms with Gasteiger partial charge in [-0.25, -0.2) is 4.79 Å². The minimum atomic E-state index is -0.414. The second kappa shape index (κ2) is 5.63. The standard InChI is InChI=1S/C11H12BrNO3S2/c1-16-11(15)10-9(7(12)5-18-10)13-3-6(4-17)2-8(13)14/h5-6,17H,2-4H2,1H3. The Morgan fingerprint density at radius 3 is 3.00 bits per heavy atom. The molecule has 1 aromatic rings. The lowest BCUT2D eigenvalue weighted by molar-refractivity contribution is -0.117. The first kappa shape index (κ1) is 13.9. The van der Waals surface area contributed by atoms with Crippen molar-refractivity contribution < 1.29 is 14.3 Å². The topological polar surface area (TPSA) is 46.6 Å². The molecule has 1 amide bonds. The lowest BCUT2D eigenvalue weighted by atomic mass is 10.1. The zero-order valence-electron chi connectivity index (χ0n) is 9.68. The number of carbonyl (C=O) groups is 2. The fourth-order valence-electron chi connectivity index (χ4n) is 1.94. The Morgan fingerprint density at radius 2 is 2.44 bits per heavy atom. The highest BCUT2D eigenvalue weighted by molar-refractivity contribution is 9.10. The summed E-state index contributed by atoms with van der Waals surface area (Å²) in [6.45, 7) is 0.599. The highest BCUT2D eigenvalue weighted by atomic mass is 79.9. The fourth-order valence-corrected chi connectivity index (χ4v) is 3.85. The van der Waals surface area contributed by atoms with Crippen molar-refractivity contribution in [2.75, 3.05) is 24.3 Å². The maximum Gasteiger partial charge on any atom is 0.350 e. The van der Waals surface area contributed by atoms with Gasteiger partial charge in [0.1, 0.15) is 4.88 Å². The van der Waals surface area contributed by atoms with E-state index in [9.17, 15) is 9.59 Å². The van der Waals surface area contributed by atoms with Gasteiger partial charge in [0.25, 0.3) is 0 Å². The summed E-state index contributed by atoms with van der Waals surface area (Å²) in [6, 6.07) is 0. The Labute approximate surface area is 123 Å². The molecule has 2 rings (SSSR count). The van der Waals surface area contributed by atoms with E-state index in [0.717, 1.165) is 4.47 Å². The van der Waals surface area contributed by atoms with Crippen LogP contribution < -0.4 is 4.90 Å². The maximum absolute atomic E-state index is 12.0. The lowest BCUT2D eigenvalue weighted by Crippen LogP contribution is -2.26. The molecular weight excluding hydrogens is 338 g/mol. The highest BCUT2D eigenvalue weighted by Crippen LogP contribution is 2.39. The van der Waals surface area contributed by atoms with Gasteiger partial charge in [0.15, 0.2) is 0 Å². The summed E-state index contributed by atoms with van der Waals surface area (Å²) < 4.78 is 5.49. The lowest BCUT2D eigenvalue weighted by Gasteiger charge is -2.17. The SMILES string of the molecule is COC(=O)c1scc(Br)c1N1CC(CS)CC1=O. The number of nitrogens with zero attached hydrogens (tertiary/aromatic N) is 1. The summed E-state index contributed by atoms with van der Waals surface area (Å²) >= 11 is 8.88. The summed E-state index contributed by atoms with van der Waals surface area (Å²) in [5.74, 6) is 0.511. The third-order valence-electron chi connectivity index (χ3n) is 2.83. The number of thiophene rings is 1. The minimum absolute atomic E-state index is 0.0262. The molecule has 1 aromatic heterocycles. The molecule has 0 aromatic carbocycles. The van der Waals surface area contributed by atoms with Crippen molar-refractivity contribution in [3.63, 3.8) is 0 Å². The van der Waals surface area contributed by atoms with Gasteiger partial charge >= 0.3 is 5.97 Å². The van der Waals surface area contributed by atoms with E-state index in [1.54, 1.807) is 10.3 Å². The Morgan fingerprint density at radius 1 is 1.72 bits per heavy atom. The average molecular weight is 350 g/mol. The van der Waals surface area contributed by atoms with Crippen LogP contribution >= 0.6 is 39.9 Å².